The second-order valence-corrected chi connectivity index (χ2v) is 6.21. The van der Waals surface area contributed by atoms with Crippen LogP contribution in [0.1, 0.15) is 26.2 Å². The zero-order valence-corrected chi connectivity index (χ0v) is 9.72. The van der Waals surface area contributed by atoms with Gasteiger partial charge in [0.2, 0.25) is 5.91 Å². The van der Waals surface area contributed by atoms with E-state index in [4.69, 9.17) is 5.73 Å². The van der Waals surface area contributed by atoms with Crippen LogP contribution in [0.2, 0.25) is 0 Å². The van der Waals surface area contributed by atoms with Gasteiger partial charge in [-0.25, -0.2) is 8.42 Å². The van der Waals surface area contributed by atoms with Crippen LogP contribution >= 0.6 is 0 Å². The predicted molar refractivity (Wildman–Crippen MR) is 58.1 cm³/mol. The molecular weight excluding hydrogens is 216 g/mol. The standard InChI is InChI=1S/C9H18N2O3S/c1-2-8(10)9(12)11-7-4-3-5-15(13,14)6-7/h7-8H,2-6,10H2,1H3,(H,11,12)/t7?,8-/m0/s1. The van der Waals surface area contributed by atoms with Crippen LogP contribution in [-0.4, -0.2) is 37.9 Å². The smallest absolute Gasteiger partial charge is 0.237 e. The third-order valence-electron chi connectivity index (χ3n) is 2.59. The molecule has 1 rings (SSSR count). The maximum Gasteiger partial charge on any atom is 0.237 e. The number of sulfone groups is 1. The van der Waals surface area contributed by atoms with E-state index in [-0.39, 0.29) is 23.5 Å². The number of amides is 1. The van der Waals surface area contributed by atoms with Crippen LogP contribution in [0.4, 0.5) is 0 Å². The van der Waals surface area contributed by atoms with Gasteiger partial charge in [-0.2, -0.15) is 0 Å². The summed E-state index contributed by atoms with van der Waals surface area (Å²) in [4.78, 5) is 11.4. The normalized spacial score (nSPS) is 26.9. The van der Waals surface area contributed by atoms with Crippen LogP contribution in [0.15, 0.2) is 0 Å². The number of nitrogens with two attached hydrogens (primary N) is 1. The van der Waals surface area contributed by atoms with E-state index in [9.17, 15) is 13.2 Å². The van der Waals surface area contributed by atoms with Crippen molar-refractivity contribution in [2.24, 2.45) is 5.73 Å². The van der Waals surface area contributed by atoms with Gasteiger partial charge < -0.3 is 11.1 Å². The first-order valence-corrected chi connectivity index (χ1v) is 7.03. The third-order valence-corrected chi connectivity index (χ3v) is 4.41. The molecule has 1 unspecified atom stereocenters. The van der Waals surface area contributed by atoms with E-state index in [0.717, 1.165) is 6.42 Å². The molecule has 0 spiro atoms. The van der Waals surface area contributed by atoms with E-state index in [1.165, 1.54) is 0 Å². The van der Waals surface area contributed by atoms with Gasteiger partial charge in [-0.1, -0.05) is 6.92 Å². The van der Waals surface area contributed by atoms with E-state index >= 15 is 0 Å². The maximum absolute atomic E-state index is 11.4. The summed E-state index contributed by atoms with van der Waals surface area (Å²) in [6, 6.07) is -0.788. The molecule has 1 amide bonds. The zero-order valence-electron chi connectivity index (χ0n) is 8.90. The SMILES string of the molecule is CC[C@H](N)C(=O)NC1CCCS(=O)(=O)C1. The molecule has 0 aromatic carbocycles. The van der Waals surface area contributed by atoms with Crippen molar-refractivity contribution in [2.75, 3.05) is 11.5 Å². The molecular formula is C9H18N2O3S. The lowest BCUT2D eigenvalue weighted by Crippen LogP contribution is -2.49. The molecule has 15 heavy (non-hydrogen) atoms. The lowest BCUT2D eigenvalue weighted by molar-refractivity contribution is -0.123. The molecule has 1 saturated heterocycles. The van der Waals surface area contributed by atoms with E-state index in [1.54, 1.807) is 0 Å². The zero-order chi connectivity index (χ0) is 11.5. The van der Waals surface area contributed by atoms with Crippen LogP contribution in [0.5, 0.6) is 0 Å². The lowest BCUT2D eigenvalue weighted by Gasteiger charge is -2.24. The minimum atomic E-state index is -2.97. The van der Waals surface area contributed by atoms with Crippen molar-refractivity contribution < 1.29 is 13.2 Å². The Balaban J connectivity index is 2.49. The summed E-state index contributed by atoms with van der Waals surface area (Å²) >= 11 is 0. The molecule has 0 aliphatic carbocycles. The fraction of sp³-hybridized carbons (Fsp3) is 0.889. The first-order chi connectivity index (χ1) is 6.94. The average molecular weight is 234 g/mol. The summed E-state index contributed by atoms with van der Waals surface area (Å²) < 4.78 is 22.6. The van der Waals surface area contributed by atoms with Gasteiger partial charge in [0.15, 0.2) is 9.84 Å². The Morgan fingerprint density at radius 3 is 2.80 bits per heavy atom. The Bertz CT molecular complexity index is 326. The quantitative estimate of drug-likeness (QED) is 0.683. The first kappa shape index (κ1) is 12.4. The van der Waals surface area contributed by atoms with Crippen LogP contribution in [-0.2, 0) is 14.6 Å². The van der Waals surface area contributed by atoms with E-state index in [1.807, 2.05) is 6.92 Å². The molecule has 6 heteroatoms. The number of rotatable bonds is 3. The maximum atomic E-state index is 11.4. The van der Waals surface area contributed by atoms with Gasteiger partial charge in [0.05, 0.1) is 17.5 Å². The molecule has 0 aromatic heterocycles. The molecule has 0 radical (unpaired) electrons. The first-order valence-electron chi connectivity index (χ1n) is 5.21. The van der Waals surface area contributed by atoms with Crippen LogP contribution in [0.3, 0.4) is 0 Å². The van der Waals surface area contributed by atoms with Crippen LogP contribution in [0.25, 0.3) is 0 Å². The highest BCUT2D eigenvalue weighted by Gasteiger charge is 2.26. The third kappa shape index (κ3) is 3.79. The van der Waals surface area contributed by atoms with Crippen molar-refractivity contribution in [3.63, 3.8) is 0 Å². The molecule has 88 valence electrons. The number of carbonyl (C=O) groups excluding carboxylic acids is 1. The van der Waals surface area contributed by atoms with Gasteiger partial charge in [-0.05, 0) is 19.3 Å². The topological polar surface area (TPSA) is 89.3 Å². The van der Waals surface area contributed by atoms with Crippen LogP contribution < -0.4 is 11.1 Å². The van der Waals surface area contributed by atoms with Gasteiger partial charge in [-0.3, -0.25) is 4.79 Å². The summed E-state index contributed by atoms with van der Waals surface area (Å²) in [6.45, 7) is 1.82. The fourth-order valence-electron chi connectivity index (χ4n) is 1.63. The summed E-state index contributed by atoms with van der Waals surface area (Å²) in [5.41, 5.74) is 5.54. The van der Waals surface area contributed by atoms with Gasteiger partial charge >= 0.3 is 0 Å². The summed E-state index contributed by atoms with van der Waals surface area (Å²) in [6.07, 6.45) is 1.90. The van der Waals surface area contributed by atoms with Crippen molar-refractivity contribution in [1.82, 2.24) is 5.32 Å². The van der Waals surface area contributed by atoms with Crippen molar-refractivity contribution in [2.45, 2.75) is 38.3 Å². The summed E-state index contributed by atoms with van der Waals surface area (Å²) in [7, 11) is -2.97. The Kier molecular flexibility index (Phi) is 4.10. The average Bonchev–Trinajstić information content (AvgIpc) is 2.14. The van der Waals surface area contributed by atoms with Crippen LogP contribution in [0, 0.1) is 0 Å². The Labute approximate surface area is 90.3 Å². The van der Waals surface area contributed by atoms with E-state index in [2.05, 4.69) is 5.32 Å². The van der Waals surface area contributed by atoms with E-state index < -0.39 is 15.9 Å². The number of hydrogen-bond acceptors (Lipinski definition) is 4. The molecule has 1 fully saturated rings. The Morgan fingerprint density at radius 1 is 1.60 bits per heavy atom. The number of carbonyl (C=O) groups is 1. The largest absolute Gasteiger partial charge is 0.351 e. The summed E-state index contributed by atoms with van der Waals surface area (Å²) in [5.74, 6) is 0.0357. The molecule has 1 aliphatic heterocycles. The van der Waals surface area contributed by atoms with Crippen molar-refractivity contribution >= 4 is 15.7 Å². The Hall–Kier alpha value is -0.620. The van der Waals surface area contributed by atoms with E-state index in [0.29, 0.717) is 12.8 Å². The molecule has 0 saturated carbocycles. The summed E-state index contributed by atoms with van der Waals surface area (Å²) in [5, 5.41) is 2.68. The second kappa shape index (κ2) is 4.94. The molecule has 3 N–H and O–H groups in total. The van der Waals surface area contributed by atoms with Gasteiger partial charge in [0.1, 0.15) is 0 Å². The van der Waals surface area contributed by atoms with Gasteiger partial charge in [-0.15, -0.1) is 0 Å². The molecule has 1 aliphatic rings. The predicted octanol–water partition coefficient (Wildman–Crippen LogP) is -0.583. The molecule has 0 aromatic rings. The minimum absolute atomic E-state index is 0.0508. The number of nitrogens with one attached hydrogen (secondary N) is 1. The highest BCUT2D eigenvalue weighted by molar-refractivity contribution is 7.91. The second-order valence-electron chi connectivity index (χ2n) is 3.98. The molecule has 5 nitrogen and oxygen atoms in total. The van der Waals surface area contributed by atoms with Gasteiger partial charge in [0.25, 0.3) is 0 Å². The van der Waals surface area contributed by atoms with Gasteiger partial charge in [0, 0.05) is 6.04 Å². The fourth-order valence-corrected chi connectivity index (χ4v) is 3.27. The van der Waals surface area contributed by atoms with Crippen molar-refractivity contribution in [1.29, 1.82) is 0 Å². The number of hydrogen-bond donors (Lipinski definition) is 2. The minimum Gasteiger partial charge on any atom is -0.351 e. The lowest BCUT2D eigenvalue weighted by atomic mass is 10.1. The highest BCUT2D eigenvalue weighted by Crippen LogP contribution is 2.12. The monoisotopic (exact) mass is 234 g/mol. The van der Waals surface area contributed by atoms with Crippen molar-refractivity contribution in [3.05, 3.63) is 0 Å². The Morgan fingerprint density at radius 2 is 2.27 bits per heavy atom. The van der Waals surface area contributed by atoms with Crippen molar-refractivity contribution in [3.8, 4) is 0 Å². The molecule has 1 heterocycles. The highest BCUT2D eigenvalue weighted by atomic mass is 32.2. The molecule has 0 bridgehead atoms. The molecule has 2 atom stereocenters.